The average molecular weight is 190 g/mol. The van der Waals surface area contributed by atoms with Crippen molar-refractivity contribution in [2.24, 2.45) is 5.41 Å². The monoisotopic (exact) mass is 190 g/mol. The highest BCUT2D eigenvalue weighted by Crippen LogP contribution is 2.15. The molecule has 1 aromatic heterocycles. The van der Waals surface area contributed by atoms with Gasteiger partial charge in [0.2, 0.25) is 0 Å². The molecule has 0 fully saturated rings. The predicted octanol–water partition coefficient (Wildman–Crippen LogP) is 1.81. The van der Waals surface area contributed by atoms with E-state index in [1.54, 1.807) is 6.07 Å². The first kappa shape index (κ1) is 10.5. The maximum Gasteiger partial charge on any atom is 0.166 e. The van der Waals surface area contributed by atoms with E-state index in [9.17, 15) is 0 Å². The summed E-state index contributed by atoms with van der Waals surface area (Å²) in [6, 6.07) is 3.72. The molecule has 0 spiro atoms. The fraction of sp³-hybridized carbons (Fsp3) is 0.500. The first-order valence-electron chi connectivity index (χ1n) is 4.48. The lowest BCUT2D eigenvalue weighted by Crippen LogP contribution is -2.20. The minimum Gasteiger partial charge on any atom is -0.367 e. The molecule has 4 heteroatoms. The zero-order valence-corrected chi connectivity index (χ0v) is 8.70. The molecule has 0 atom stereocenters. The van der Waals surface area contributed by atoms with Crippen LogP contribution in [0.5, 0.6) is 0 Å². The van der Waals surface area contributed by atoms with Crippen LogP contribution in [0.3, 0.4) is 0 Å². The summed E-state index contributed by atoms with van der Waals surface area (Å²) in [5.74, 6) is 0.560. The SMILES string of the molecule is CC(C)(C)CNc1nnccc1C#N. The molecule has 0 aromatic carbocycles. The van der Waals surface area contributed by atoms with Crippen LogP contribution >= 0.6 is 0 Å². The van der Waals surface area contributed by atoms with E-state index in [0.29, 0.717) is 11.4 Å². The molecule has 0 unspecified atom stereocenters. The van der Waals surface area contributed by atoms with Crippen LogP contribution in [0.25, 0.3) is 0 Å². The molecule has 1 N–H and O–H groups in total. The van der Waals surface area contributed by atoms with Crippen molar-refractivity contribution in [2.45, 2.75) is 20.8 Å². The molecule has 1 heterocycles. The predicted molar refractivity (Wildman–Crippen MR) is 54.7 cm³/mol. The van der Waals surface area contributed by atoms with Crippen LogP contribution in [0.1, 0.15) is 26.3 Å². The van der Waals surface area contributed by atoms with Gasteiger partial charge in [-0.3, -0.25) is 0 Å². The zero-order chi connectivity index (χ0) is 10.6. The molecule has 0 aliphatic heterocycles. The summed E-state index contributed by atoms with van der Waals surface area (Å²) in [4.78, 5) is 0. The standard InChI is InChI=1S/C10H14N4/c1-10(2,3)7-12-9-8(6-11)4-5-13-14-9/h4-5H,7H2,1-3H3,(H,12,14). The summed E-state index contributed by atoms with van der Waals surface area (Å²) in [5, 5.41) is 19.5. The molecule has 0 amide bonds. The fourth-order valence-corrected chi connectivity index (χ4v) is 0.901. The van der Waals surface area contributed by atoms with Crippen molar-refractivity contribution in [2.75, 3.05) is 11.9 Å². The van der Waals surface area contributed by atoms with Gasteiger partial charge < -0.3 is 5.32 Å². The molecule has 74 valence electrons. The summed E-state index contributed by atoms with van der Waals surface area (Å²) in [5.41, 5.74) is 0.689. The van der Waals surface area contributed by atoms with Crippen molar-refractivity contribution in [1.29, 1.82) is 5.26 Å². The number of hydrogen-bond acceptors (Lipinski definition) is 4. The van der Waals surface area contributed by atoms with Gasteiger partial charge in [-0.25, -0.2) is 0 Å². The second kappa shape index (κ2) is 4.05. The van der Waals surface area contributed by atoms with Crippen molar-refractivity contribution in [3.05, 3.63) is 17.8 Å². The fourth-order valence-electron chi connectivity index (χ4n) is 0.901. The molecule has 1 aromatic rings. The number of anilines is 1. The van der Waals surface area contributed by atoms with Crippen molar-refractivity contribution < 1.29 is 0 Å². The number of rotatable bonds is 2. The Labute approximate surface area is 84.0 Å². The Morgan fingerprint density at radius 3 is 2.79 bits per heavy atom. The lowest BCUT2D eigenvalue weighted by molar-refractivity contribution is 0.442. The minimum atomic E-state index is 0.157. The molecule has 14 heavy (non-hydrogen) atoms. The Bertz CT molecular complexity index is 346. The number of aromatic nitrogens is 2. The van der Waals surface area contributed by atoms with Crippen LogP contribution in [0.4, 0.5) is 5.82 Å². The molecule has 0 saturated carbocycles. The third-order valence-electron chi connectivity index (χ3n) is 1.63. The van der Waals surface area contributed by atoms with Crippen LogP contribution in [0.15, 0.2) is 12.3 Å². The molecule has 4 nitrogen and oxygen atoms in total. The van der Waals surface area contributed by atoms with E-state index in [1.807, 2.05) is 0 Å². The lowest BCUT2D eigenvalue weighted by atomic mass is 9.97. The van der Waals surface area contributed by atoms with Crippen LogP contribution < -0.4 is 5.32 Å². The highest BCUT2D eigenvalue weighted by Gasteiger charge is 2.11. The van der Waals surface area contributed by atoms with Crippen molar-refractivity contribution in [3.8, 4) is 6.07 Å². The zero-order valence-electron chi connectivity index (χ0n) is 8.70. The van der Waals surface area contributed by atoms with E-state index in [2.05, 4.69) is 42.4 Å². The first-order chi connectivity index (χ1) is 6.53. The largest absolute Gasteiger partial charge is 0.367 e. The van der Waals surface area contributed by atoms with E-state index in [-0.39, 0.29) is 5.41 Å². The Kier molecular flexibility index (Phi) is 3.03. The summed E-state index contributed by atoms with van der Waals surface area (Å²) in [6.07, 6.45) is 1.51. The van der Waals surface area contributed by atoms with E-state index in [0.717, 1.165) is 6.54 Å². The van der Waals surface area contributed by atoms with Gasteiger partial charge in [0.1, 0.15) is 6.07 Å². The highest BCUT2D eigenvalue weighted by molar-refractivity contribution is 5.50. The summed E-state index contributed by atoms with van der Waals surface area (Å²) in [7, 11) is 0. The lowest BCUT2D eigenvalue weighted by Gasteiger charge is -2.19. The maximum absolute atomic E-state index is 8.79. The first-order valence-corrected chi connectivity index (χ1v) is 4.48. The van der Waals surface area contributed by atoms with Gasteiger partial charge in [-0.2, -0.15) is 10.4 Å². The Morgan fingerprint density at radius 2 is 2.21 bits per heavy atom. The summed E-state index contributed by atoms with van der Waals surface area (Å²) >= 11 is 0. The van der Waals surface area contributed by atoms with Crippen LogP contribution in [-0.2, 0) is 0 Å². The van der Waals surface area contributed by atoms with Gasteiger partial charge in [0.05, 0.1) is 11.8 Å². The Morgan fingerprint density at radius 1 is 1.50 bits per heavy atom. The number of hydrogen-bond donors (Lipinski definition) is 1. The van der Waals surface area contributed by atoms with Crippen molar-refractivity contribution in [1.82, 2.24) is 10.2 Å². The van der Waals surface area contributed by atoms with Crippen LogP contribution in [0, 0.1) is 16.7 Å². The molecule has 0 radical (unpaired) electrons. The highest BCUT2D eigenvalue weighted by atomic mass is 15.2. The van der Waals surface area contributed by atoms with Crippen molar-refractivity contribution >= 4 is 5.82 Å². The molecule has 0 bridgehead atoms. The van der Waals surface area contributed by atoms with Gasteiger partial charge in [0.15, 0.2) is 5.82 Å². The van der Waals surface area contributed by atoms with Gasteiger partial charge in [-0.15, -0.1) is 5.10 Å². The van der Waals surface area contributed by atoms with E-state index >= 15 is 0 Å². The van der Waals surface area contributed by atoms with Crippen molar-refractivity contribution in [3.63, 3.8) is 0 Å². The van der Waals surface area contributed by atoms with Crippen LogP contribution in [0.2, 0.25) is 0 Å². The summed E-state index contributed by atoms with van der Waals surface area (Å²) in [6.45, 7) is 7.10. The Hall–Kier alpha value is -1.63. The van der Waals surface area contributed by atoms with Gasteiger partial charge in [-0.1, -0.05) is 20.8 Å². The number of nitriles is 1. The molecular formula is C10H14N4. The topological polar surface area (TPSA) is 61.6 Å². The van der Waals surface area contributed by atoms with Gasteiger partial charge in [0.25, 0.3) is 0 Å². The van der Waals surface area contributed by atoms with Gasteiger partial charge in [-0.05, 0) is 11.5 Å². The number of nitrogens with one attached hydrogen (secondary N) is 1. The molecule has 0 aliphatic rings. The van der Waals surface area contributed by atoms with E-state index in [1.165, 1.54) is 6.20 Å². The second-order valence-electron chi connectivity index (χ2n) is 4.32. The van der Waals surface area contributed by atoms with Gasteiger partial charge in [0, 0.05) is 6.54 Å². The Balaban J connectivity index is 2.73. The van der Waals surface area contributed by atoms with E-state index < -0.39 is 0 Å². The second-order valence-corrected chi connectivity index (χ2v) is 4.32. The molecule has 0 saturated heterocycles. The van der Waals surface area contributed by atoms with Crippen LogP contribution in [-0.4, -0.2) is 16.7 Å². The third kappa shape index (κ3) is 3.02. The molecular weight excluding hydrogens is 176 g/mol. The quantitative estimate of drug-likeness (QED) is 0.772. The summed E-state index contributed by atoms with van der Waals surface area (Å²) < 4.78 is 0. The minimum absolute atomic E-state index is 0.157. The van der Waals surface area contributed by atoms with Gasteiger partial charge >= 0.3 is 0 Å². The maximum atomic E-state index is 8.79. The number of nitrogens with zero attached hydrogens (tertiary/aromatic N) is 3. The third-order valence-corrected chi connectivity index (χ3v) is 1.63. The smallest absolute Gasteiger partial charge is 0.166 e. The average Bonchev–Trinajstić information content (AvgIpc) is 2.14. The molecule has 0 aliphatic carbocycles. The van der Waals surface area contributed by atoms with E-state index in [4.69, 9.17) is 5.26 Å². The molecule has 1 rings (SSSR count). The normalized spacial score (nSPS) is 10.7.